The lowest BCUT2D eigenvalue weighted by Gasteiger charge is -2.22. The molecule has 1 aliphatic heterocycles. The maximum atomic E-state index is 13.7. The Hall–Kier alpha value is -1.92. The highest BCUT2D eigenvalue weighted by Crippen LogP contribution is 2.27. The standard InChI is InChI=1S/C15H16FNO4/c1-9-11-3-2-4-12(16)14(11)21-13(9)15(18)17-7-10-8-19-5-6-20-10/h2-4,10H,5-8H2,1H3,(H,17,18). The van der Waals surface area contributed by atoms with E-state index in [-0.39, 0.29) is 23.4 Å². The van der Waals surface area contributed by atoms with Crippen molar-refractivity contribution in [2.45, 2.75) is 13.0 Å². The van der Waals surface area contributed by atoms with Crippen molar-refractivity contribution >= 4 is 16.9 Å². The third-order valence-electron chi connectivity index (χ3n) is 3.50. The summed E-state index contributed by atoms with van der Waals surface area (Å²) >= 11 is 0. The van der Waals surface area contributed by atoms with E-state index in [1.807, 2.05) is 0 Å². The van der Waals surface area contributed by atoms with Crippen LogP contribution in [0.1, 0.15) is 16.1 Å². The highest BCUT2D eigenvalue weighted by Gasteiger charge is 2.21. The van der Waals surface area contributed by atoms with E-state index in [1.165, 1.54) is 6.07 Å². The second-order valence-corrected chi connectivity index (χ2v) is 4.95. The van der Waals surface area contributed by atoms with Gasteiger partial charge in [0.05, 0.1) is 25.9 Å². The van der Waals surface area contributed by atoms with Crippen LogP contribution in [0.5, 0.6) is 0 Å². The molecule has 1 N–H and O–H groups in total. The van der Waals surface area contributed by atoms with Crippen LogP contribution >= 0.6 is 0 Å². The summed E-state index contributed by atoms with van der Waals surface area (Å²) < 4.78 is 29.7. The lowest BCUT2D eigenvalue weighted by molar-refractivity contribution is -0.0856. The molecule has 1 aromatic carbocycles. The molecule has 0 bridgehead atoms. The van der Waals surface area contributed by atoms with Crippen molar-refractivity contribution in [3.8, 4) is 0 Å². The second-order valence-electron chi connectivity index (χ2n) is 4.95. The van der Waals surface area contributed by atoms with Gasteiger partial charge in [-0.05, 0) is 13.0 Å². The quantitative estimate of drug-likeness (QED) is 0.940. The van der Waals surface area contributed by atoms with E-state index in [9.17, 15) is 9.18 Å². The van der Waals surface area contributed by atoms with Crippen LogP contribution in [0.4, 0.5) is 4.39 Å². The number of para-hydroxylation sites is 1. The summed E-state index contributed by atoms with van der Waals surface area (Å²) in [6.07, 6.45) is -0.163. The zero-order valence-electron chi connectivity index (χ0n) is 11.6. The third-order valence-corrected chi connectivity index (χ3v) is 3.50. The predicted octanol–water partition coefficient (Wildman–Crippen LogP) is 2.03. The number of aryl methyl sites for hydroxylation is 1. The van der Waals surface area contributed by atoms with E-state index in [4.69, 9.17) is 13.9 Å². The van der Waals surface area contributed by atoms with Crippen molar-refractivity contribution in [3.63, 3.8) is 0 Å². The molecule has 0 radical (unpaired) electrons. The van der Waals surface area contributed by atoms with Crippen LogP contribution in [-0.2, 0) is 9.47 Å². The topological polar surface area (TPSA) is 60.7 Å². The molecule has 21 heavy (non-hydrogen) atoms. The van der Waals surface area contributed by atoms with Gasteiger partial charge in [-0.1, -0.05) is 12.1 Å². The van der Waals surface area contributed by atoms with Crippen LogP contribution in [0.15, 0.2) is 22.6 Å². The maximum Gasteiger partial charge on any atom is 0.287 e. The molecule has 1 aliphatic rings. The molecule has 0 saturated carbocycles. The van der Waals surface area contributed by atoms with Gasteiger partial charge >= 0.3 is 0 Å². The van der Waals surface area contributed by atoms with Gasteiger partial charge in [0.2, 0.25) is 0 Å². The number of nitrogens with one attached hydrogen (secondary N) is 1. The number of furan rings is 1. The Balaban J connectivity index is 1.75. The number of halogens is 1. The predicted molar refractivity (Wildman–Crippen MR) is 73.8 cm³/mol. The summed E-state index contributed by atoms with van der Waals surface area (Å²) in [7, 11) is 0. The van der Waals surface area contributed by atoms with Gasteiger partial charge in [-0.15, -0.1) is 0 Å². The fourth-order valence-corrected chi connectivity index (χ4v) is 2.37. The summed E-state index contributed by atoms with van der Waals surface area (Å²) in [6, 6.07) is 4.63. The number of rotatable bonds is 3. The molecule has 2 aromatic rings. The number of hydrogen-bond acceptors (Lipinski definition) is 4. The molecule has 3 rings (SSSR count). The van der Waals surface area contributed by atoms with E-state index < -0.39 is 5.82 Å². The zero-order chi connectivity index (χ0) is 14.8. The molecule has 0 spiro atoms. The zero-order valence-corrected chi connectivity index (χ0v) is 11.6. The second kappa shape index (κ2) is 5.83. The van der Waals surface area contributed by atoms with Crippen LogP contribution in [0.25, 0.3) is 11.0 Å². The van der Waals surface area contributed by atoms with Crippen molar-refractivity contribution in [1.82, 2.24) is 5.32 Å². The first kappa shape index (κ1) is 14.0. The van der Waals surface area contributed by atoms with Crippen LogP contribution in [0.3, 0.4) is 0 Å². The third kappa shape index (κ3) is 2.77. The molecule has 1 unspecified atom stereocenters. The van der Waals surface area contributed by atoms with Gasteiger partial charge in [0.25, 0.3) is 5.91 Å². The highest BCUT2D eigenvalue weighted by molar-refractivity contribution is 5.99. The fraction of sp³-hybridized carbons (Fsp3) is 0.400. The van der Waals surface area contributed by atoms with Crippen LogP contribution < -0.4 is 5.32 Å². The van der Waals surface area contributed by atoms with Gasteiger partial charge in [0.15, 0.2) is 17.2 Å². The Kier molecular flexibility index (Phi) is 3.90. The average molecular weight is 293 g/mol. The van der Waals surface area contributed by atoms with Gasteiger partial charge in [-0.3, -0.25) is 4.79 Å². The first-order valence-corrected chi connectivity index (χ1v) is 6.82. The minimum Gasteiger partial charge on any atom is -0.448 e. The SMILES string of the molecule is Cc1c(C(=O)NCC2COCCO2)oc2c(F)cccc12. The van der Waals surface area contributed by atoms with Gasteiger partial charge in [-0.25, -0.2) is 4.39 Å². The van der Waals surface area contributed by atoms with Crippen molar-refractivity contribution in [1.29, 1.82) is 0 Å². The Morgan fingerprint density at radius 3 is 3.00 bits per heavy atom. The molecule has 112 valence electrons. The summed E-state index contributed by atoms with van der Waals surface area (Å²) in [5.74, 6) is -0.720. The Bertz CT molecular complexity index is 661. The van der Waals surface area contributed by atoms with E-state index >= 15 is 0 Å². The largest absolute Gasteiger partial charge is 0.448 e. The van der Waals surface area contributed by atoms with E-state index in [2.05, 4.69) is 5.32 Å². The van der Waals surface area contributed by atoms with Crippen molar-refractivity contribution in [2.24, 2.45) is 0 Å². The molecule has 1 atom stereocenters. The number of carbonyl (C=O) groups is 1. The van der Waals surface area contributed by atoms with E-state index in [0.29, 0.717) is 37.3 Å². The van der Waals surface area contributed by atoms with Crippen LogP contribution in [-0.4, -0.2) is 38.4 Å². The van der Waals surface area contributed by atoms with E-state index in [1.54, 1.807) is 19.1 Å². The van der Waals surface area contributed by atoms with Gasteiger partial charge in [0.1, 0.15) is 0 Å². The highest BCUT2D eigenvalue weighted by atomic mass is 19.1. The van der Waals surface area contributed by atoms with Crippen LogP contribution in [0.2, 0.25) is 0 Å². The number of amides is 1. The van der Waals surface area contributed by atoms with Crippen molar-refractivity contribution in [2.75, 3.05) is 26.4 Å². The number of hydrogen-bond donors (Lipinski definition) is 1. The average Bonchev–Trinajstić information content (AvgIpc) is 2.85. The molecule has 1 amide bonds. The number of ether oxygens (including phenoxy) is 2. The smallest absolute Gasteiger partial charge is 0.287 e. The number of fused-ring (bicyclic) bond motifs is 1. The Morgan fingerprint density at radius 2 is 2.29 bits per heavy atom. The Labute approximate surface area is 121 Å². The molecule has 6 heteroatoms. The minimum atomic E-state index is -0.473. The maximum absolute atomic E-state index is 13.7. The molecule has 2 heterocycles. The summed E-state index contributed by atoms with van der Waals surface area (Å²) in [6.45, 7) is 3.62. The van der Waals surface area contributed by atoms with Crippen molar-refractivity contribution in [3.05, 3.63) is 35.3 Å². The Morgan fingerprint density at radius 1 is 1.43 bits per heavy atom. The normalized spacial score (nSPS) is 18.9. The number of carbonyl (C=O) groups excluding carboxylic acids is 1. The van der Waals surface area contributed by atoms with Gasteiger partial charge in [0, 0.05) is 17.5 Å². The lowest BCUT2D eigenvalue weighted by atomic mass is 10.1. The van der Waals surface area contributed by atoms with Crippen molar-refractivity contribution < 1.29 is 23.1 Å². The van der Waals surface area contributed by atoms with Gasteiger partial charge < -0.3 is 19.2 Å². The first-order chi connectivity index (χ1) is 10.2. The van der Waals surface area contributed by atoms with E-state index in [0.717, 1.165) is 0 Å². The molecular formula is C15H16FNO4. The monoisotopic (exact) mass is 293 g/mol. The molecule has 0 aliphatic carbocycles. The molecule has 1 saturated heterocycles. The summed E-state index contributed by atoms with van der Waals surface area (Å²) in [5.41, 5.74) is 0.736. The molecule has 1 aromatic heterocycles. The molecule has 1 fully saturated rings. The summed E-state index contributed by atoms with van der Waals surface area (Å²) in [4.78, 5) is 12.2. The first-order valence-electron chi connectivity index (χ1n) is 6.82. The fourth-order valence-electron chi connectivity index (χ4n) is 2.37. The molecular weight excluding hydrogens is 277 g/mol. The number of benzene rings is 1. The lowest BCUT2D eigenvalue weighted by Crippen LogP contribution is -2.39. The van der Waals surface area contributed by atoms with Gasteiger partial charge in [-0.2, -0.15) is 0 Å². The van der Waals surface area contributed by atoms with Crippen LogP contribution in [0, 0.1) is 12.7 Å². The molecule has 5 nitrogen and oxygen atoms in total. The summed E-state index contributed by atoms with van der Waals surface area (Å²) in [5, 5.41) is 3.34. The minimum absolute atomic E-state index is 0.109.